The molecule has 2 aliphatic rings. The Morgan fingerprint density at radius 1 is 1.22 bits per heavy atom. The minimum absolute atomic E-state index is 0. The van der Waals surface area contributed by atoms with Gasteiger partial charge in [-0.2, -0.15) is 0 Å². The summed E-state index contributed by atoms with van der Waals surface area (Å²) in [5, 5.41) is 3.57. The van der Waals surface area contributed by atoms with Crippen LogP contribution in [0.1, 0.15) is 12.8 Å². The lowest BCUT2D eigenvalue weighted by atomic mass is 10.0. The van der Waals surface area contributed by atoms with Gasteiger partial charge in [0.2, 0.25) is 0 Å². The van der Waals surface area contributed by atoms with E-state index >= 15 is 0 Å². The molecule has 0 amide bonds. The smallest absolute Gasteiger partial charge is 0.145 e. The van der Waals surface area contributed by atoms with E-state index in [-0.39, 0.29) is 23.5 Å². The van der Waals surface area contributed by atoms with Crippen LogP contribution >= 0.6 is 24.0 Å². The van der Waals surface area contributed by atoms with Crippen molar-refractivity contribution >= 4 is 24.0 Å². The van der Waals surface area contributed by atoms with Crippen LogP contribution < -0.4 is 10.1 Å². The molecule has 0 aromatic heterocycles. The highest BCUT2D eigenvalue weighted by atomic mass is 35.5. The quantitative estimate of drug-likeness (QED) is 0.843. The normalized spacial score (nSPS) is 28.9. The molecule has 1 saturated heterocycles. The summed E-state index contributed by atoms with van der Waals surface area (Å²) in [5.41, 5.74) is 0. The highest BCUT2D eigenvalue weighted by Gasteiger charge is 2.30. The van der Waals surface area contributed by atoms with E-state index in [1.165, 1.54) is 12.1 Å². The Kier molecular flexibility index (Phi) is 4.15. The lowest BCUT2D eigenvalue weighted by Gasteiger charge is -2.29. The minimum Gasteiger partial charge on any atom is -0.490 e. The molecule has 1 N–H and O–H groups in total. The maximum absolute atomic E-state index is 13.3. The molecule has 0 radical (unpaired) electrons. The van der Waals surface area contributed by atoms with Gasteiger partial charge < -0.3 is 10.1 Å². The minimum atomic E-state index is -0.431. The molecule has 3 rings (SSSR count). The molecule has 1 fully saturated rings. The number of nitrogens with one attached hydrogen (secondary N) is 1. The average Bonchev–Trinajstić information content (AvgIpc) is 2.64. The Balaban J connectivity index is 0.00000120. The lowest BCUT2D eigenvalue weighted by Crippen LogP contribution is -2.43. The highest BCUT2D eigenvalue weighted by Crippen LogP contribution is 2.27. The van der Waals surface area contributed by atoms with Crippen molar-refractivity contribution in [1.82, 2.24) is 5.32 Å². The van der Waals surface area contributed by atoms with Gasteiger partial charge in [0.1, 0.15) is 17.7 Å². The van der Waals surface area contributed by atoms with Gasteiger partial charge in [-0.25, -0.2) is 4.39 Å². The standard InChI is InChI=1S/C13H13ClFNO.ClH/c14-12-4-3-10(7-13(12)15)17-11-5-8-1-2-9(6-11)16-8;/h1-4,7-9,11,16H,5-6H2;1H/t8-,9+,11?;. The van der Waals surface area contributed by atoms with Crippen molar-refractivity contribution in [1.29, 1.82) is 0 Å². The number of fused-ring (bicyclic) bond motifs is 2. The third kappa shape index (κ3) is 2.79. The van der Waals surface area contributed by atoms with Crippen LogP contribution in [0.2, 0.25) is 5.02 Å². The monoisotopic (exact) mass is 289 g/mol. The fourth-order valence-electron chi connectivity index (χ4n) is 2.45. The maximum atomic E-state index is 13.3. The number of piperidine rings is 1. The van der Waals surface area contributed by atoms with E-state index < -0.39 is 5.82 Å². The zero-order valence-electron chi connectivity index (χ0n) is 9.61. The molecule has 98 valence electrons. The van der Waals surface area contributed by atoms with Gasteiger partial charge in [0.15, 0.2) is 0 Å². The first-order valence-corrected chi connectivity index (χ1v) is 6.14. The van der Waals surface area contributed by atoms with Gasteiger partial charge in [-0.1, -0.05) is 23.8 Å². The van der Waals surface area contributed by atoms with Crippen molar-refractivity contribution in [3.8, 4) is 5.75 Å². The Morgan fingerprint density at radius 2 is 1.89 bits per heavy atom. The molecule has 0 aliphatic carbocycles. The Hall–Kier alpha value is -0.770. The summed E-state index contributed by atoms with van der Waals surface area (Å²) in [7, 11) is 0. The van der Waals surface area contributed by atoms with Crippen molar-refractivity contribution in [2.75, 3.05) is 0 Å². The number of hydrogen-bond donors (Lipinski definition) is 1. The summed E-state index contributed by atoms with van der Waals surface area (Å²) in [6.07, 6.45) is 6.35. The molecule has 2 bridgehead atoms. The first-order chi connectivity index (χ1) is 8.20. The van der Waals surface area contributed by atoms with Gasteiger partial charge >= 0.3 is 0 Å². The first kappa shape index (κ1) is 13.7. The molecule has 1 aromatic carbocycles. The van der Waals surface area contributed by atoms with Crippen LogP contribution in [0.4, 0.5) is 4.39 Å². The highest BCUT2D eigenvalue weighted by molar-refractivity contribution is 6.30. The summed E-state index contributed by atoms with van der Waals surface area (Å²) in [6.45, 7) is 0. The molecule has 2 nitrogen and oxygen atoms in total. The molecule has 0 saturated carbocycles. The molecule has 0 spiro atoms. The number of ether oxygens (including phenoxy) is 1. The second kappa shape index (κ2) is 5.47. The van der Waals surface area contributed by atoms with Crippen LogP contribution in [-0.2, 0) is 0 Å². The van der Waals surface area contributed by atoms with Crippen LogP contribution in [0.25, 0.3) is 0 Å². The molecule has 2 heterocycles. The summed E-state index contributed by atoms with van der Waals surface area (Å²) in [4.78, 5) is 0. The van der Waals surface area contributed by atoms with Crippen LogP contribution in [0.3, 0.4) is 0 Å². The van der Waals surface area contributed by atoms with Crippen LogP contribution in [0, 0.1) is 5.82 Å². The molecule has 1 aromatic rings. The molecule has 5 heteroatoms. The predicted molar refractivity (Wildman–Crippen MR) is 72.2 cm³/mol. The van der Waals surface area contributed by atoms with E-state index in [4.69, 9.17) is 16.3 Å². The fraction of sp³-hybridized carbons (Fsp3) is 0.385. The van der Waals surface area contributed by atoms with Crippen molar-refractivity contribution in [2.45, 2.75) is 31.0 Å². The Morgan fingerprint density at radius 3 is 2.50 bits per heavy atom. The summed E-state index contributed by atoms with van der Waals surface area (Å²) >= 11 is 5.63. The second-order valence-electron chi connectivity index (χ2n) is 4.55. The third-order valence-corrected chi connectivity index (χ3v) is 3.54. The molecule has 18 heavy (non-hydrogen) atoms. The first-order valence-electron chi connectivity index (χ1n) is 5.77. The van der Waals surface area contributed by atoms with Crippen LogP contribution in [0.5, 0.6) is 5.75 Å². The SMILES string of the molecule is Cl.Fc1cc(OC2C[C@H]3C=C[C@@H](C2)N3)ccc1Cl. The van der Waals surface area contributed by atoms with Gasteiger partial charge in [-0.15, -0.1) is 12.4 Å². The van der Waals surface area contributed by atoms with Gasteiger partial charge in [-0.3, -0.25) is 0 Å². The number of benzene rings is 1. The molecule has 3 atom stereocenters. The van der Waals surface area contributed by atoms with E-state index in [0.29, 0.717) is 17.8 Å². The van der Waals surface area contributed by atoms with E-state index in [0.717, 1.165) is 12.8 Å². The number of halogens is 3. The maximum Gasteiger partial charge on any atom is 0.145 e. The Labute approximate surface area is 117 Å². The zero-order valence-corrected chi connectivity index (χ0v) is 11.2. The van der Waals surface area contributed by atoms with Gasteiger partial charge in [0.05, 0.1) is 5.02 Å². The second-order valence-corrected chi connectivity index (χ2v) is 4.96. The zero-order chi connectivity index (χ0) is 11.8. The average molecular weight is 290 g/mol. The summed E-state index contributed by atoms with van der Waals surface area (Å²) in [5.74, 6) is 0.123. The molecule has 2 aliphatic heterocycles. The van der Waals surface area contributed by atoms with Gasteiger partial charge in [-0.05, 0) is 12.1 Å². The fourth-order valence-corrected chi connectivity index (χ4v) is 2.57. The topological polar surface area (TPSA) is 21.3 Å². The van der Waals surface area contributed by atoms with Crippen LogP contribution in [0.15, 0.2) is 30.4 Å². The largest absolute Gasteiger partial charge is 0.490 e. The molecular formula is C13H14Cl2FNO. The third-order valence-electron chi connectivity index (χ3n) is 3.23. The van der Waals surface area contributed by atoms with E-state index in [9.17, 15) is 4.39 Å². The summed E-state index contributed by atoms with van der Waals surface area (Å²) < 4.78 is 19.1. The number of hydrogen-bond acceptors (Lipinski definition) is 2. The van der Waals surface area contributed by atoms with Crippen molar-refractivity contribution in [2.24, 2.45) is 0 Å². The van der Waals surface area contributed by atoms with Gasteiger partial charge in [0, 0.05) is 31.0 Å². The lowest BCUT2D eigenvalue weighted by molar-refractivity contribution is 0.142. The Bertz CT molecular complexity index is 452. The van der Waals surface area contributed by atoms with Crippen LogP contribution in [-0.4, -0.2) is 18.2 Å². The van der Waals surface area contributed by atoms with Gasteiger partial charge in [0.25, 0.3) is 0 Å². The van der Waals surface area contributed by atoms with E-state index in [2.05, 4.69) is 17.5 Å². The molecular weight excluding hydrogens is 276 g/mol. The van der Waals surface area contributed by atoms with E-state index in [1.54, 1.807) is 6.07 Å². The predicted octanol–water partition coefficient (Wildman–Crippen LogP) is 3.34. The molecule has 1 unspecified atom stereocenters. The van der Waals surface area contributed by atoms with Crippen molar-refractivity contribution in [3.05, 3.63) is 41.2 Å². The van der Waals surface area contributed by atoms with E-state index in [1.807, 2.05) is 0 Å². The number of rotatable bonds is 2. The van der Waals surface area contributed by atoms with Crippen molar-refractivity contribution < 1.29 is 9.13 Å². The summed E-state index contributed by atoms with van der Waals surface area (Å²) in [6, 6.07) is 5.38. The van der Waals surface area contributed by atoms with Crippen molar-refractivity contribution in [3.63, 3.8) is 0 Å².